The van der Waals surface area contributed by atoms with Gasteiger partial charge in [0.2, 0.25) is 0 Å². The van der Waals surface area contributed by atoms with E-state index in [1.807, 2.05) is 13.8 Å². The van der Waals surface area contributed by atoms with E-state index in [0.717, 1.165) is 23.7 Å². The van der Waals surface area contributed by atoms with E-state index in [1.54, 1.807) is 12.8 Å². The van der Waals surface area contributed by atoms with Gasteiger partial charge in [0.05, 0.1) is 0 Å². The molecule has 3 fully saturated rings. The summed E-state index contributed by atoms with van der Waals surface area (Å²) in [5, 5.41) is 0. The molecule has 3 aliphatic rings. The molecule has 0 amide bonds. The maximum Gasteiger partial charge on any atom is -0.0381 e. The van der Waals surface area contributed by atoms with Gasteiger partial charge in [-0.15, -0.1) is 0 Å². The van der Waals surface area contributed by atoms with Crippen molar-refractivity contribution in [1.29, 1.82) is 0 Å². The van der Waals surface area contributed by atoms with E-state index in [4.69, 9.17) is 0 Å². The quantitative estimate of drug-likeness (QED) is 0.499. The van der Waals surface area contributed by atoms with Crippen molar-refractivity contribution in [3.8, 4) is 0 Å². The number of fused-ring (bicyclic) bond motifs is 2. The van der Waals surface area contributed by atoms with Crippen molar-refractivity contribution in [3.63, 3.8) is 0 Å². The van der Waals surface area contributed by atoms with Gasteiger partial charge in [-0.25, -0.2) is 0 Å². The summed E-state index contributed by atoms with van der Waals surface area (Å²) in [7, 11) is 0. The number of hydrogen-bond donors (Lipinski definition) is 0. The van der Waals surface area contributed by atoms with Crippen LogP contribution in [0.3, 0.4) is 0 Å². The van der Waals surface area contributed by atoms with Gasteiger partial charge < -0.3 is 0 Å². The normalized spacial score (nSPS) is 46.9. The highest BCUT2D eigenvalue weighted by Crippen LogP contribution is 2.51. The molecule has 1 unspecified atom stereocenters. The summed E-state index contributed by atoms with van der Waals surface area (Å²) in [5.41, 5.74) is 0. The summed E-state index contributed by atoms with van der Waals surface area (Å²) in [6.07, 6.45) is 4.65. The Morgan fingerprint density at radius 2 is 1.45 bits per heavy atom. The second-order valence-electron chi connectivity index (χ2n) is 4.17. The Bertz CT molecular complexity index is 109. The first kappa shape index (κ1) is 9.09. The summed E-state index contributed by atoms with van der Waals surface area (Å²) in [4.78, 5) is 0. The van der Waals surface area contributed by atoms with Crippen molar-refractivity contribution in [2.24, 2.45) is 23.7 Å². The van der Waals surface area contributed by atoms with Crippen molar-refractivity contribution in [1.82, 2.24) is 0 Å². The van der Waals surface area contributed by atoms with E-state index >= 15 is 0 Å². The highest BCUT2D eigenvalue weighted by Gasteiger charge is 2.41. The zero-order valence-electron chi connectivity index (χ0n) is 8.43. The van der Waals surface area contributed by atoms with Crippen LogP contribution in [0, 0.1) is 23.7 Å². The average molecular weight is 154 g/mol. The maximum atomic E-state index is 2.44. The summed E-state index contributed by atoms with van der Waals surface area (Å²) in [6, 6.07) is 0. The maximum absolute atomic E-state index is 2.44. The van der Waals surface area contributed by atoms with Crippen LogP contribution in [0.25, 0.3) is 0 Å². The molecule has 3 saturated carbocycles. The Balaban J connectivity index is 0.000000281. The molecule has 0 aliphatic heterocycles. The fourth-order valence-electron chi connectivity index (χ4n) is 2.61. The molecular weight excluding hydrogens is 132 g/mol. The molecule has 66 valence electrons. The van der Waals surface area contributed by atoms with Crippen LogP contribution in [-0.2, 0) is 0 Å². The largest absolute Gasteiger partial charge is 0.0683 e. The zero-order chi connectivity index (χ0) is 8.43. The van der Waals surface area contributed by atoms with Crippen molar-refractivity contribution in [2.75, 3.05) is 0 Å². The Morgan fingerprint density at radius 1 is 0.909 bits per heavy atom. The topological polar surface area (TPSA) is 0 Å². The van der Waals surface area contributed by atoms with Crippen LogP contribution in [0.5, 0.6) is 0 Å². The van der Waals surface area contributed by atoms with E-state index in [9.17, 15) is 0 Å². The molecule has 0 heteroatoms. The van der Waals surface area contributed by atoms with Crippen molar-refractivity contribution in [2.45, 2.75) is 47.0 Å². The number of rotatable bonds is 0. The summed E-state index contributed by atoms with van der Waals surface area (Å²) < 4.78 is 0. The van der Waals surface area contributed by atoms with Gasteiger partial charge in [0.15, 0.2) is 0 Å². The van der Waals surface area contributed by atoms with Gasteiger partial charge in [-0.2, -0.15) is 0 Å². The first-order valence-electron chi connectivity index (χ1n) is 5.27. The van der Waals surface area contributed by atoms with Gasteiger partial charge in [0, 0.05) is 0 Å². The van der Waals surface area contributed by atoms with Gasteiger partial charge in [0.1, 0.15) is 0 Å². The molecule has 0 aromatic rings. The lowest BCUT2D eigenvalue weighted by Gasteiger charge is -2.49. The molecule has 0 aromatic heterocycles. The van der Waals surface area contributed by atoms with E-state index in [2.05, 4.69) is 13.8 Å². The van der Waals surface area contributed by atoms with E-state index < -0.39 is 0 Å². The standard InChI is InChI=1S/C9H16.C2H6/c1-6-3-8-4-9(5-8)7(6)2;1-2/h6-9H,3-5H2,1-2H3;1-2H3/t6-,7?,8?,9?;/m1./s1. The van der Waals surface area contributed by atoms with Crippen LogP contribution in [0.15, 0.2) is 0 Å². The third kappa shape index (κ3) is 1.60. The van der Waals surface area contributed by atoms with Crippen molar-refractivity contribution < 1.29 is 0 Å². The summed E-state index contributed by atoms with van der Waals surface area (Å²) in [5.74, 6) is 4.33. The second-order valence-corrected chi connectivity index (χ2v) is 4.17. The monoisotopic (exact) mass is 154 g/mol. The lowest BCUT2D eigenvalue weighted by molar-refractivity contribution is 0.0154. The van der Waals surface area contributed by atoms with Gasteiger partial charge in [-0.3, -0.25) is 0 Å². The number of hydrogen-bond acceptors (Lipinski definition) is 0. The van der Waals surface area contributed by atoms with Crippen LogP contribution in [0.2, 0.25) is 0 Å². The molecule has 3 aliphatic carbocycles. The first-order chi connectivity index (χ1) is 5.27. The zero-order valence-corrected chi connectivity index (χ0v) is 8.43. The highest BCUT2D eigenvalue weighted by atomic mass is 14.5. The molecule has 0 nitrogen and oxygen atoms in total. The van der Waals surface area contributed by atoms with Crippen LogP contribution < -0.4 is 0 Å². The van der Waals surface area contributed by atoms with Crippen LogP contribution in [0.4, 0.5) is 0 Å². The lowest BCUT2D eigenvalue weighted by atomic mass is 9.57. The highest BCUT2D eigenvalue weighted by molar-refractivity contribution is 4.91. The fraction of sp³-hybridized carbons (Fsp3) is 1.00. The Labute approximate surface area is 71.4 Å². The predicted octanol–water partition coefficient (Wildman–Crippen LogP) is 3.71. The lowest BCUT2D eigenvalue weighted by Crippen LogP contribution is -2.39. The molecule has 0 N–H and O–H groups in total. The Hall–Kier alpha value is 0. The average Bonchev–Trinajstić information content (AvgIpc) is 1.96. The Kier molecular flexibility index (Phi) is 2.98. The minimum atomic E-state index is 1.03. The summed E-state index contributed by atoms with van der Waals surface area (Å²) >= 11 is 0. The third-order valence-corrected chi connectivity index (χ3v) is 3.62. The molecule has 0 heterocycles. The first-order valence-corrected chi connectivity index (χ1v) is 5.27. The van der Waals surface area contributed by atoms with Crippen LogP contribution >= 0.6 is 0 Å². The van der Waals surface area contributed by atoms with Crippen LogP contribution in [-0.4, -0.2) is 0 Å². The molecule has 0 spiro atoms. The van der Waals surface area contributed by atoms with E-state index in [0.29, 0.717) is 0 Å². The van der Waals surface area contributed by atoms with E-state index in [-0.39, 0.29) is 0 Å². The molecule has 11 heavy (non-hydrogen) atoms. The smallest absolute Gasteiger partial charge is 0.0381 e. The molecule has 3 rings (SSSR count). The summed E-state index contributed by atoms with van der Waals surface area (Å²) in [6.45, 7) is 8.85. The second kappa shape index (κ2) is 3.60. The van der Waals surface area contributed by atoms with Gasteiger partial charge in [0.25, 0.3) is 0 Å². The fourth-order valence-corrected chi connectivity index (χ4v) is 2.61. The van der Waals surface area contributed by atoms with Crippen molar-refractivity contribution in [3.05, 3.63) is 0 Å². The van der Waals surface area contributed by atoms with Gasteiger partial charge in [-0.1, -0.05) is 27.7 Å². The molecule has 2 atom stereocenters. The van der Waals surface area contributed by atoms with Gasteiger partial charge in [-0.05, 0) is 42.9 Å². The SMILES string of the molecule is CC.CC1C2CC(C2)C[C@H]1C. The van der Waals surface area contributed by atoms with Crippen molar-refractivity contribution >= 4 is 0 Å². The minimum absolute atomic E-state index is 1.03. The van der Waals surface area contributed by atoms with Crippen LogP contribution in [0.1, 0.15) is 47.0 Å². The third-order valence-electron chi connectivity index (χ3n) is 3.62. The molecule has 0 radical (unpaired) electrons. The molecular formula is C11H22. The Morgan fingerprint density at radius 3 is 1.73 bits per heavy atom. The molecule has 0 aromatic carbocycles. The molecule has 2 bridgehead atoms. The molecule has 0 saturated heterocycles. The van der Waals surface area contributed by atoms with Gasteiger partial charge >= 0.3 is 0 Å². The minimum Gasteiger partial charge on any atom is -0.0683 e. The predicted molar refractivity (Wildman–Crippen MR) is 50.5 cm³/mol. The van der Waals surface area contributed by atoms with E-state index in [1.165, 1.54) is 6.42 Å².